The van der Waals surface area contributed by atoms with Crippen LogP contribution in [0.15, 0.2) is 30.6 Å². The number of aromatic nitrogens is 3. The van der Waals surface area contributed by atoms with Crippen molar-refractivity contribution in [2.75, 3.05) is 0 Å². The molecule has 2 aromatic rings. The van der Waals surface area contributed by atoms with E-state index >= 15 is 0 Å². The van der Waals surface area contributed by atoms with Crippen LogP contribution in [0.4, 0.5) is 0 Å². The summed E-state index contributed by atoms with van der Waals surface area (Å²) in [7, 11) is 0. The molecule has 0 radical (unpaired) electrons. The monoisotopic (exact) mass is 287 g/mol. The van der Waals surface area contributed by atoms with E-state index in [9.17, 15) is 0 Å². The second-order valence-electron chi connectivity index (χ2n) is 5.37. The first-order valence-corrected chi connectivity index (χ1v) is 7.63. The third kappa shape index (κ3) is 3.68. The smallest absolute Gasteiger partial charge is 0.0690 e. The Kier molecular flexibility index (Phi) is 5.47. The number of hydrogen-bond acceptors (Lipinski definition) is 4. The van der Waals surface area contributed by atoms with Gasteiger partial charge in [0.1, 0.15) is 0 Å². The summed E-state index contributed by atoms with van der Waals surface area (Å²) >= 11 is 0. The van der Waals surface area contributed by atoms with Crippen molar-refractivity contribution < 1.29 is 0 Å². The SMILES string of the molecule is CCc1cccnc1C(Cc1ccn(C(C)CC)n1)NN. The van der Waals surface area contributed by atoms with Crippen LogP contribution in [-0.4, -0.2) is 14.8 Å². The van der Waals surface area contributed by atoms with Gasteiger partial charge >= 0.3 is 0 Å². The van der Waals surface area contributed by atoms with Gasteiger partial charge in [0.2, 0.25) is 0 Å². The molecule has 21 heavy (non-hydrogen) atoms. The Labute approximate surface area is 126 Å². The van der Waals surface area contributed by atoms with Crippen LogP contribution in [0, 0.1) is 0 Å². The van der Waals surface area contributed by atoms with Crippen LogP contribution in [-0.2, 0) is 12.8 Å². The maximum Gasteiger partial charge on any atom is 0.0690 e. The summed E-state index contributed by atoms with van der Waals surface area (Å²) in [6, 6.07) is 6.54. The van der Waals surface area contributed by atoms with E-state index in [1.807, 2.05) is 23.1 Å². The van der Waals surface area contributed by atoms with Gasteiger partial charge in [0.15, 0.2) is 0 Å². The third-order valence-corrected chi connectivity index (χ3v) is 3.96. The third-order valence-electron chi connectivity index (χ3n) is 3.96. The fourth-order valence-electron chi connectivity index (χ4n) is 2.43. The number of pyridine rings is 1. The van der Waals surface area contributed by atoms with Gasteiger partial charge in [-0.1, -0.05) is 19.9 Å². The number of nitrogens with two attached hydrogens (primary N) is 1. The molecule has 2 atom stereocenters. The van der Waals surface area contributed by atoms with Crippen molar-refractivity contribution in [3.8, 4) is 0 Å². The number of hydrazine groups is 1. The van der Waals surface area contributed by atoms with E-state index < -0.39 is 0 Å². The van der Waals surface area contributed by atoms with E-state index in [0.717, 1.165) is 30.7 Å². The Morgan fingerprint density at radius 2 is 2.14 bits per heavy atom. The Balaban J connectivity index is 2.17. The molecule has 2 aromatic heterocycles. The zero-order valence-electron chi connectivity index (χ0n) is 13.1. The lowest BCUT2D eigenvalue weighted by Crippen LogP contribution is -2.31. The highest BCUT2D eigenvalue weighted by Crippen LogP contribution is 2.20. The minimum absolute atomic E-state index is 0.0126. The first-order chi connectivity index (χ1) is 10.2. The number of nitrogens with zero attached hydrogens (tertiary/aromatic N) is 3. The molecule has 0 amide bonds. The van der Waals surface area contributed by atoms with Crippen molar-refractivity contribution in [2.24, 2.45) is 5.84 Å². The van der Waals surface area contributed by atoms with Crippen LogP contribution >= 0.6 is 0 Å². The quantitative estimate of drug-likeness (QED) is 0.606. The predicted molar refractivity (Wildman–Crippen MR) is 84.6 cm³/mol. The zero-order valence-corrected chi connectivity index (χ0v) is 13.1. The van der Waals surface area contributed by atoms with Crippen molar-refractivity contribution in [1.82, 2.24) is 20.2 Å². The Morgan fingerprint density at radius 1 is 1.33 bits per heavy atom. The molecule has 0 saturated heterocycles. The Hall–Kier alpha value is -1.72. The maximum atomic E-state index is 5.74. The molecule has 3 N–H and O–H groups in total. The molecular weight excluding hydrogens is 262 g/mol. The zero-order chi connectivity index (χ0) is 15.2. The van der Waals surface area contributed by atoms with Crippen molar-refractivity contribution in [2.45, 2.75) is 52.1 Å². The average molecular weight is 287 g/mol. The molecule has 0 aromatic carbocycles. The first-order valence-electron chi connectivity index (χ1n) is 7.63. The lowest BCUT2D eigenvalue weighted by atomic mass is 10.0. The molecule has 0 aliphatic heterocycles. The molecule has 2 rings (SSSR count). The van der Waals surface area contributed by atoms with Crippen LogP contribution in [0.25, 0.3) is 0 Å². The summed E-state index contributed by atoms with van der Waals surface area (Å²) in [6.45, 7) is 6.47. The van der Waals surface area contributed by atoms with Crippen LogP contribution in [0.3, 0.4) is 0 Å². The predicted octanol–water partition coefficient (Wildman–Crippen LogP) is 2.56. The van der Waals surface area contributed by atoms with E-state index in [1.54, 1.807) is 0 Å². The molecule has 0 fully saturated rings. The van der Waals surface area contributed by atoms with Gasteiger partial charge in [-0.3, -0.25) is 20.9 Å². The van der Waals surface area contributed by atoms with Gasteiger partial charge in [-0.2, -0.15) is 5.10 Å². The number of rotatable bonds is 7. The highest BCUT2D eigenvalue weighted by atomic mass is 15.3. The van der Waals surface area contributed by atoms with Gasteiger partial charge < -0.3 is 0 Å². The minimum Gasteiger partial charge on any atom is -0.271 e. The van der Waals surface area contributed by atoms with Gasteiger partial charge in [0, 0.05) is 24.9 Å². The van der Waals surface area contributed by atoms with Gasteiger partial charge in [-0.15, -0.1) is 0 Å². The Morgan fingerprint density at radius 3 is 2.81 bits per heavy atom. The van der Waals surface area contributed by atoms with Gasteiger partial charge in [0.25, 0.3) is 0 Å². The second kappa shape index (κ2) is 7.33. The van der Waals surface area contributed by atoms with Crippen molar-refractivity contribution in [3.63, 3.8) is 0 Å². The molecule has 0 bridgehead atoms. The van der Waals surface area contributed by atoms with Crippen molar-refractivity contribution in [3.05, 3.63) is 47.5 Å². The topological polar surface area (TPSA) is 68.8 Å². The first kappa shape index (κ1) is 15.7. The summed E-state index contributed by atoms with van der Waals surface area (Å²) in [4.78, 5) is 4.50. The fourth-order valence-corrected chi connectivity index (χ4v) is 2.43. The summed E-state index contributed by atoms with van der Waals surface area (Å²) in [5.74, 6) is 5.74. The highest BCUT2D eigenvalue weighted by molar-refractivity contribution is 5.24. The largest absolute Gasteiger partial charge is 0.271 e. The number of nitrogens with one attached hydrogen (secondary N) is 1. The lowest BCUT2D eigenvalue weighted by molar-refractivity contribution is 0.465. The van der Waals surface area contributed by atoms with Crippen LogP contribution in [0.2, 0.25) is 0 Å². The molecule has 0 aliphatic rings. The highest BCUT2D eigenvalue weighted by Gasteiger charge is 2.17. The van der Waals surface area contributed by atoms with E-state index in [2.05, 4.69) is 48.4 Å². The molecule has 2 heterocycles. The molecular formula is C16H25N5. The fraction of sp³-hybridized carbons (Fsp3) is 0.500. The van der Waals surface area contributed by atoms with E-state index in [0.29, 0.717) is 6.04 Å². The molecule has 2 unspecified atom stereocenters. The lowest BCUT2D eigenvalue weighted by Gasteiger charge is -2.17. The molecule has 5 heteroatoms. The van der Waals surface area contributed by atoms with Crippen LogP contribution < -0.4 is 11.3 Å². The summed E-state index contributed by atoms with van der Waals surface area (Å²) in [5, 5.41) is 4.64. The van der Waals surface area contributed by atoms with Gasteiger partial charge in [-0.05, 0) is 37.5 Å². The van der Waals surface area contributed by atoms with E-state index in [4.69, 9.17) is 5.84 Å². The van der Waals surface area contributed by atoms with Gasteiger partial charge in [0.05, 0.1) is 17.4 Å². The van der Waals surface area contributed by atoms with E-state index in [1.165, 1.54) is 5.56 Å². The standard InChI is InChI=1S/C16H25N5/c1-4-12(3)21-10-8-14(20-21)11-15(19-17)16-13(5-2)7-6-9-18-16/h6-10,12,15,19H,4-5,11,17H2,1-3H3. The second-order valence-corrected chi connectivity index (χ2v) is 5.37. The Bertz CT molecular complexity index is 563. The van der Waals surface area contributed by atoms with Crippen LogP contribution in [0.5, 0.6) is 0 Å². The summed E-state index contributed by atoms with van der Waals surface area (Å²) in [6.07, 6.45) is 6.61. The molecule has 0 spiro atoms. The van der Waals surface area contributed by atoms with Gasteiger partial charge in [-0.25, -0.2) is 0 Å². The van der Waals surface area contributed by atoms with E-state index in [-0.39, 0.29) is 6.04 Å². The maximum absolute atomic E-state index is 5.74. The van der Waals surface area contributed by atoms with Crippen molar-refractivity contribution >= 4 is 0 Å². The molecule has 0 aliphatic carbocycles. The van der Waals surface area contributed by atoms with Crippen molar-refractivity contribution in [1.29, 1.82) is 0 Å². The molecule has 5 nitrogen and oxygen atoms in total. The number of aryl methyl sites for hydroxylation is 1. The normalized spacial score (nSPS) is 14.1. The van der Waals surface area contributed by atoms with Crippen LogP contribution in [0.1, 0.15) is 56.2 Å². The summed E-state index contributed by atoms with van der Waals surface area (Å²) in [5.41, 5.74) is 6.15. The molecule has 114 valence electrons. The minimum atomic E-state index is -0.0126. The molecule has 0 saturated carbocycles. The summed E-state index contributed by atoms with van der Waals surface area (Å²) < 4.78 is 2.02. The average Bonchev–Trinajstić information content (AvgIpc) is 3.00. The number of hydrogen-bond donors (Lipinski definition) is 2.